The maximum atomic E-state index is 5.44. The number of fused-ring (bicyclic) bond motifs is 1. The predicted octanol–water partition coefficient (Wildman–Crippen LogP) is 17.3. The van der Waals surface area contributed by atoms with E-state index in [4.69, 9.17) is 4.99 Å². The molecule has 1 N–H and O–H groups in total. The summed E-state index contributed by atoms with van der Waals surface area (Å²) in [5.74, 6) is 0. The van der Waals surface area contributed by atoms with E-state index in [0.717, 1.165) is 62.4 Å². The Bertz CT molecular complexity index is 3150. The van der Waals surface area contributed by atoms with Crippen molar-refractivity contribution in [1.29, 1.82) is 0 Å². The number of allylic oxidation sites excluding steroid dienone is 2. The van der Waals surface area contributed by atoms with E-state index < -0.39 is 5.54 Å². The van der Waals surface area contributed by atoms with Gasteiger partial charge in [-0.05, 0) is 136 Å². The van der Waals surface area contributed by atoms with E-state index in [1.54, 1.807) is 0 Å². The van der Waals surface area contributed by atoms with Gasteiger partial charge in [0.15, 0.2) is 0 Å². The fourth-order valence-electron chi connectivity index (χ4n) is 9.74. The van der Waals surface area contributed by atoms with Gasteiger partial charge in [0.1, 0.15) is 0 Å². The van der Waals surface area contributed by atoms with Crippen molar-refractivity contribution in [2.75, 3.05) is 9.80 Å². The molecule has 340 valence electrons. The average Bonchev–Trinajstić information content (AvgIpc) is 3.37. The second-order valence-electron chi connectivity index (χ2n) is 20.4. The molecular weight excluding hydrogens is 837 g/mol. The van der Waals surface area contributed by atoms with Crippen LogP contribution in [-0.2, 0) is 10.8 Å². The highest BCUT2D eigenvalue weighted by atomic mass is 15.1. The molecule has 0 saturated heterocycles. The van der Waals surface area contributed by atoms with Crippen LogP contribution in [0.5, 0.6) is 0 Å². The number of nitrogens with one attached hydrogen (secondary N) is 1. The van der Waals surface area contributed by atoms with Crippen LogP contribution in [0.2, 0.25) is 0 Å². The molecule has 69 heavy (non-hydrogen) atoms. The maximum absolute atomic E-state index is 5.44. The van der Waals surface area contributed by atoms with Gasteiger partial charge in [0.25, 0.3) is 0 Å². The number of rotatable bonds is 10. The van der Waals surface area contributed by atoms with Gasteiger partial charge in [-0.1, -0.05) is 193 Å². The van der Waals surface area contributed by atoms with E-state index in [1.807, 2.05) is 0 Å². The number of para-hydroxylation sites is 4. The molecule has 4 heteroatoms. The fourth-order valence-corrected chi connectivity index (χ4v) is 9.74. The van der Waals surface area contributed by atoms with E-state index >= 15 is 0 Å². The van der Waals surface area contributed by atoms with Crippen LogP contribution in [0.15, 0.2) is 236 Å². The summed E-state index contributed by atoms with van der Waals surface area (Å²) in [4.78, 5) is 10.1. The van der Waals surface area contributed by atoms with E-state index in [9.17, 15) is 0 Å². The highest BCUT2D eigenvalue weighted by Gasteiger charge is 2.34. The van der Waals surface area contributed by atoms with Crippen molar-refractivity contribution in [2.45, 2.75) is 64.8 Å². The molecule has 1 atom stereocenters. The number of hydrogen-bond donors (Lipinski definition) is 1. The van der Waals surface area contributed by atoms with Crippen LogP contribution in [0.25, 0.3) is 33.6 Å². The summed E-state index contributed by atoms with van der Waals surface area (Å²) in [5, 5.41) is 3.96. The molecule has 0 fully saturated rings. The molecule has 10 rings (SSSR count). The van der Waals surface area contributed by atoms with Crippen LogP contribution < -0.4 is 15.1 Å². The third-order valence-electron chi connectivity index (χ3n) is 13.3. The largest absolute Gasteiger partial charge is 0.369 e. The molecule has 0 amide bonds. The number of nitrogens with zero attached hydrogens (tertiary/aromatic N) is 3. The van der Waals surface area contributed by atoms with Crippen molar-refractivity contribution in [3.05, 3.63) is 253 Å². The van der Waals surface area contributed by atoms with E-state index in [2.05, 4.69) is 294 Å². The third kappa shape index (κ3) is 9.11. The lowest BCUT2D eigenvalue weighted by molar-refractivity contribution is 0.592. The summed E-state index contributed by atoms with van der Waals surface area (Å²) in [7, 11) is 0. The van der Waals surface area contributed by atoms with Crippen LogP contribution >= 0.6 is 0 Å². The van der Waals surface area contributed by atoms with Crippen molar-refractivity contribution in [2.24, 2.45) is 4.99 Å². The molecule has 0 aromatic heterocycles. The Morgan fingerprint density at radius 1 is 0.406 bits per heavy atom. The lowest BCUT2D eigenvalue weighted by atomic mass is 9.81. The van der Waals surface area contributed by atoms with Gasteiger partial charge < -0.3 is 15.1 Å². The van der Waals surface area contributed by atoms with Crippen molar-refractivity contribution in [1.82, 2.24) is 5.32 Å². The van der Waals surface area contributed by atoms with Crippen molar-refractivity contribution in [3.63, 3.8) is 0 Å². The minimum Gasteiger partial charge on any atom is -0.369 e. The zero-order chi connectivity index (χ0) is 47.8. The smallest absolute Gasteiger partial charge is 0.0956 e. The highest BCUT2D eigenvalue weighted by Crippen LogP contribution is 2.44. The highest BCUT2D eigenvalue weighted by molar-refractivity contribution is 6.13. The number of aliphatic imine (C=N–C) groups is 1. The normalized spacial score (nSPS) is 15.6. The molecule has 1 aliphatic heterocycles. The predicted molar refractivity (Wildman–Crippen MR) is 295 cm³/mol. The molecule has 0 radical (unpaired) electrons. The topological polar surface area (TPSA) is 30.9 Å². The number of benzene rings is 8. The van der Waals surface area contributed by atoms with Crippen LogP contribution in [0, 0.1) is 0 Å². The van der Waals surface area contributed by atoms with Crippen molar-refractivity contribution < 1.29 is 0 Å². The molecular formula is C65H60N4. The molecule has 1 heterocycles. The van der Waals surface area contributed by atoms with Gasteiger partial charge in [0, 0.05) is 39.7 Å². The molecule has 1 aliphatic carbocycles. The Morgan fingerprint density at radius 3 is 1.17 bits per heavy atom. The van der Waals surface area contributed by atoms with Crippen LogP contribution in [0.3, 0.4) is 0 Å². The van der Waals surface area contributed by atoms with Gasteiger partial charge in [0.05, 0.1) is 22.6 Å². The van der Waals surface area contributed by atoms with Gasteiger partial charge >= 0.3 is 0 Å². The van der Waals surface area contributed by atoms with Crippen LogP contribution in [-0.4, -0.2) is 11.3 Å². The third-order valence-corrected chi connectivity index (χ3v) is 13.3. The quantitative estimate of drug-likeness (QED) is 0.148. The summed E-state index contributed by atoms with van der Waals surface area (Å²) >= 11 is 0. The SMILES string of the molecule is CC12C=CC=CC1=NC(c1ccc(-c3ccc(N(c4ccccc4)c4ccccc4)cc3C(C)(C)C)cc1)=C(c1ccc(-c3ccc(N(c4ccccc4)c4ccccc4)cc3C(C)(C)C)cc1)N2. The summed E-state index contributed by atoms with van der Waals surface area (Å²) in [5.41, 5.74) is 18.5. The monoisotopic (exact) mass is 896 g/mol. The maximum Gasteiger partial charge on any atom is 0.0956 e. The van der Waals surface area contributed by atoms with Gasteiger partial charge in [-0.2, -0.15) is 0 Å². The summed E-state index contributed by atoms with van der Waals surface area (Å²) in [6.45, 7) is 16.0. The Balaban J connectivity index is 1.02. The first-order valence-corrected chi connectivity index (χ1v) is 24.1. The van der Waals surface area contributed by atoms with Crippen LogP contribution in [0.4, 0.5) is 34.1 Å². The molecule has 0 spiro atoms. The second-order valence-corrected chi connectivity index (χ2v) is 20.4. The molecule has 4 nitrogen and oxygen atoms in total. The fraction of sp³-hybridized carbons (Fsp3) is 0.154. The zero-order valence-electron chi connectivity index (χ0n) is 40.8. The first-order chi connectivity index (χ1) is 33.3. The Morgan fingerprint density at radius 2 is 0.783 bits per heavy atom. The Labute approximate surface area is 409 Å². The molecule has 0 saturated carbocycles. The molecule has 1 unspecified atom stereocenters. The Kier molecular flexibility index (Phi) is 11.9. The number of anilines is 6. The molecule has 2 aliphatic rings. The second kappa shape index (κ2) is 18.3. The molecule has 8 aromatic rings. The summed E-state index contributed by atoms with van der Waals surface area (Å²) in [6.07, 6.45) is 8.52. The summed E-state index contributed by atoms with van der Waals surface area (Å²) < 4.78 is 0. The number of hydrogen-bond acceptors (Lipinski definition) is 4. The van der Waals surface area contributed by atoms with Crippen molar-refractivity contribution in [3.8, 4) is 22.3 Å². The van der Waals surface area contributed by atoms with Gasteiger partial charge in [0.2, 0.25) is 0 Å². The lowest BCUT2D eigenvalue weighted by Gasteiger charge is -2.36. The van der Waals surface area contributed by atoms with E-state index in [0.29, 0.717) is 0 Å². The van der Waals surface area contributed by atoms with Gasteiger partial charge in [-0.15, -0.1) is 0 Å². The minimum absolute atomic E-state index is 0.114. The summed E-state index contributed by atoms with van der Waals surface area (Å²) in [6, 6.07) is 74.4. The standard InChI is InChI=1S/C65H60N4/c1-63(2,3)58-44-54(68(50-22-12-8-13-23-50)51-24-14-9-15-25-51)39-41-56(58)46-31-35-48(36-32-46)61-62(67-65(7)43-21-20-30-60(65)66-61)49-37-33-47(34-38-49)57-42-40-55(45-59(57)64(4,5)6)69(52-26-16-10-17-27-52)53-28-18-11-19-29-53/h8-45,67H,1-7H3. The lowest BCUT2D eigenvalue weighted by Crippen LogP contribution is -2.49. The van der Waals surface area contributed by atoms with E-state index in [-0.39, 0.29) is 10.8 Å². The average molecular weight is 897 g/mol. The zero-order valence-corrected chi connectivity index (χ0v) is 40.8. The van der Waals surface area contributed by atoms with Gasteiger partial charge in [-0.3, -0.25) is 0 Å². The molecule has 8 aromatic carbocycles. The van der Waals surface area contributed by atoms with Crippen LogP contribution in [0.1, 0.15) is 70.7 Å². The minimum atomic E-state index is -0.443. The first kappa shape index (κ1) is 44.9. The van der Waals surface area contributed by atoms with Crippen molar-refractivity contribution >= 4 is 51.2 Å². The Hall–Kier alpha value is -7.95. The van der Waals surface area contributed by atoms with Gasteiger partial charge in [-0.25, -0.2) is 4.99 Å². The molecule has 0 bridgehead atoms. The first-order valence-electron chi connectivity index (χ1n) is 24.1. The van der Waals surface area contributed by atoms with E-state index in [1.165, 1.54) is 33.4 Å².